The summed E-state index contributed by atoms with van der Waals surface area (Å²) in [5.41, 5.74) is 5.70. The van der Waals surface area contributed by atoms with Gasteiger partial charge in [-0.05, 0) is 59.9 Å². The van der Waals surface area contributed by atoms with Gasteiger partial charge in [0.1, 0.15) is 5.75 Å². The van der Waals surface area contributed by atoms with Crippen molar-refractivity contribution in [1.29, 1.82) is 0 Å². The molecule has 0 saturated carbocycles. The van der Waals surface area contributed by atoms with E-state index in [0.717, 1.165) is 27.8 Å². The van der Waals surface area contributed by atoms with Crippen LogP contribution in [-0.4, -0.2) is 31.1 Å². The van der Waals surface area contributed by atoms with Gasteiger partial charge in [0, 0.05) is 30.1 Å². The van der Waals surface area contributed by atoms with E-state index in [1.165, 1.54) is 6.08 Å². The summed E-state index contributed by atoms with van der Waals surface area (Å²) < 4.78 is 15.7. The van der Waals surface area contributed by atoms with Crippen LogP contribution >= 0.6 is 0 Å². The minimum absolute atomic E-state index is 0.284. The Morgan fingerprint density at radius 2 is 1.10 bits per heavy atom. The zero-order valence-corrected chi connectivity index (χ0v) is 22.3. The van der Waals surface area contributed by atoms with Gasteiger partial charge in [0.25, 0.3) is 0 Å². The monoisotopic (exact) mass is 524 g/mol. The Morgan fingerprint density at radius 3 is 1.56 bits per heavy atom. The largest absolute Gasteiger partial charge is 0.462 e. The summed E-state index contributed by atoms with van der Waals surface area (Å²) in [5.74, 6) is -0.804. The van der Waals surface area contributed by atoms with Gasteiger partial charge in [-0.15, -0.1) is 0 Å². The molecule has 0 atom stereocenters. The highest BCUT2D eigenvalue weighted by molar-refractivity contribution is 5.89. The van der Waals surface area contributed by atoms with Crippen molar-refractivity contribution >= 4 is 24.0 Å². The van der Waals surface area contributed by atoms with Gasteiger partial charge in [-0.25, -0.2) is 14.4 Å². The first-order chi connectivity index (χ1) is 18.7. The minimum Gasteiger partial charge on any atom is -0.462 e. The molecule has 0 aliphatic rings. The second-order valence-electron chi connectivity index (χ2n) is 9.05. The lowest BCUT2D eigenvalue weighted by molar-refractivity contribution is -0.139. The Balaban J connectivity index is 1.46. The first kappa shape index (κ1) is 28.9. The predicted molar refractivity (Wildman–Crippen MR) is 152 cm³/mol. The molecule has 0 bridgehead atoms. The average molecular weight is 525 g/mol. The molecule has 6 heteroatoms. The molecule has 6 nitrogen and oxygen atoms in total. The van der Waals surface area contributed by atoms with E-state index in [1.54, 1.807) is 32.1 Å². The van der Waals surface area contributed by atoms with E-state index in [-0.39, 0.29) is 12.6 Å². The zero-order valence-electron chi connectivity index (χ0n) is 22.3. The molecule has 3 aromatic rings. The third kappa shape index (κ3) is 9.59. The van der Waals surface area contributed by atoms with E-state index in [2.05, 4.69) is 13.2 Å². The lowest BCUT2D eigenvalue weighted by Crippen LogP contribution is -2.07. The van der Waals surface area contributed by atoms with Crippen molar-refractivity contribution in [3.63, 3.8) is 0 Å². The standard InChI is InChI=1S/C33H32O6/c1-23(2)32(35)37-21-19-26-7-5-25(6-8-26)11-18-31(34)39-30-16-14-29(15-17-30)28-12-9-27(10-13-28)20-22-38-33(36)24(3)4/h5-18H,1,3,19-22H2,2,4H3/b18-11+. The van der Waals surface area contributed by atoms with Crippen molar-refractivity contribution in [2.24, 2.45) is 0 Å². The SMILES string of the molecule is C=C(C)C(=O)OCCc1ccc(/C=C/C(=O)Oc2ccc(-c3ccc(CCOC(=O)C(=C)C)cc3)cc2)cc1. The maximum Gasteiger partial charge on any atom is 0.336 e. The Hall–Kier alpha value is -4.71. The maximum atomic E-state index is 12.3. The summed E-state index contributed by atoms with van der Waals surface area (Å²) in [6.45, 7) is 10.9. The van der Waals surface area contributed by atoms with Crippen LogP contribution in [0.15, 0.2) is 103 Å². The van der Waals surface area contributed by atoms with Crippen LogP contribution in [0.1, 0.15) is 30.5 Å². The summed E-state index contributed by atoms with van der Waals surface area (Å²) >= 11 is 0. The maximum absolute atomic E-state index is 12.3. The van der Waals surface area contributed by atoms with E-state index < -0.39 is 11.9 Å². The number of hydrogen-bond donors (Lipinski definition) is 0. The third-order valence-corrected chi connectivity index (χ3v) is 5.70. The van der Waals surface area contributed by atoms with Gasteiger partial charge in [0.05, 0.1) is 13.2 Å². The quantitative estimate of drug-likeness (QED) is 0.157. The highest BCUT2D eigenvalue weighted by Gasteiger charge is 2.06. The fourth-order valence-corrected chi connectivity index (χ4v) is 3.46. The Kier molecular flexibility index (Phi) is 10.6. The molecule has 3 aromatic carbocycles. The minimum atomic E-state index is -0.477. The fraction of sp³-hybridized carbons (Fsp3) is 0.182. The molecule has 0 radical (unpaired) electrons. The van der Waals surface area contributed by atoms with Gasteiger partial charge in [0.2, 0.25) is 0 Å². The number of esters is 3. The molecular weight excluding hydrogens is 492 g/mol. The van der Waals surface area contributed by atoms with Crippen LogP contribution in [0, 0.1) is 0 Å². The molecule has 0 spiro atoms. The predicted octanol–water partition coefficient (Wildman–Crippen LogP) is 6.30. The number of carbonyl (C=O) groups excluding carboxylic acids is 3. The first-order valence-corrected chi connectivity index (χ1v) is 12.5. The molecule has 200 valence electrons. The Labute approximate surface area is 229 Å². The van der Waals surface area contributed by atoms with Crippen LogP contribution in [0.25, 0.3) is 17.2 Å². The molecule has 0 aromatic heterocycles. The second kappa shape index (κ2) is 14.3. The number of hydrogen-bond acceptors (Lipinski definition) is 6. The number of carbonyl (C=O) groups is 3. The zero-order chi connectivity index (χ0) is 28.2. The van der Waals surface area contributed by atoms with E-state index in [9.17, 15) is 14.4 Å². The van der Waals surface area contributed by atoms with Crippen molar-refractivity contribution in [2.45, 2.75) is 26.7 Å². The Bertz CT molecular complexity index is 1350. The molecule has 3 rings (SSSR count). The first-order valence-electron chi connectivity index (χ1n) is 12.5. The number of benzene rings is 3. The summed E-state index contributed by atoms with van der Waals surface area (Å²) in [7, 11) is 0. The normalized spacial score (nSPS) is 10.6. The molecular formula is C33H32O6. The molecule has 0 unspecified atom stereocenters. The van der Waals surface area contributed by atoms with Gasteiger partial charge in [-0.2, -0.15) is 0 Å². The van der Waals surface area contributed by atoms with Crippen molar-refractivity contribution in [1.82, 2.24) is 0 Å². The van der Waals surface area contributed by atoms with Crippen LogP contribution in [0.3, 0.4) is 0 Å². The summed E-state index contributed by atoms with van der Waals surface area (Å²) in [6, 6.07) is 22.9. The van der Waals surface area contributed by atoms with Crippen molar-refractivity contribution in [2.75, 3.05) is 13.2 Å². The third-order valence-electron chi connectivity index (χ3n) is 5.70. The highest BCUT2D eigenvalue weighted by Crippen LogP contribution is 2.23. The van der Waals surface area contributed by atoms with E-state index in [1.807, 2.05) is 60.7 Å². The van der Waals surface area contributed by atoms with E-state index in [0.29, 0.717) is 36.3 Å². The summed E-state index contributed by atoms with van der Waals surface area (Å²) in [4.78, 5) is 35.2. The van der Waals surface area contributed by atoms with Gasteiger partial charge >= 0.3 is 17.9 Å². The van der Waals surface area contributed by atoms with Crippen LogP contribution in [0.5, 0.6) is 5.75 Å². The van der Waals surface area contributed by atoms with Crippen molar-refractivity contribution in [3.8, 4) is 16.9 Å². The molecule has 0 aliphatic carbocycles. The van der Waals surface area contributed by atoms with E-state index >= 15 is 0 Å². The summed E-state index contributed by atoms with van der Waals surface area (Å²) in [6.07, 6.45) is 4.28. The lowest BCUT2D eigenvalue weighted by atomic mass is 10.0. The molecule has 0 saturated heterocycles. The highest BCUT2D eigenvalue weighted by atomic mass is 16.5. The summed E-state index contributed by atoms with van der Waals surface area (Å²) in [5, 5.41) is 0. The van der Waals surface area contributed by atoms with Crippen LogP contribution in [-0.2, 0) is 36.7 Å². The molecule has 0 aliphatic heterocycles. The van der Waals surface area contributed by atoms with Crippen molar-refractivity contribution in [3.05, 3.63) is 120 Å². The molecule has 0 heterocycles. The van der Waals surface area contributed by atoms with Crippen LogP contribution < -0.4 is 4.74 Å². The number of rotatable bonds is 12. The topological polar surface area (TPSA) is 78.9 Å². The van der Waals surface area contributed by atoms with Gasteiger partial charge in [-0.3, -0.25) is 0 Å². The average Bonchev–Trinajstić information content (AvgIpc) is 2.93. The Morgan fingerprint density at radius 1 is 0.667 bits per heavy atom. The van der Waals surface area contributed by atoms with Crippen LogP contribution in [0.2, 0.25) is 0 Å². The van der Waals surface area contributed by atoms with E-state index in [4.69, 9.17) is 14.2 Å². The molecule has 39 heavy (non-hydrogen) atoms. The molecule has 0 N–H and O–H groups in total. The lowest BCUT2D eigenvalue weighted by Gasteiger charge is -2.07. The fourth-order valence-electron chi connectivity index (χ4n) is 3.46. The molecule has 0 amide bonds. The van der Waals surface area contributed by atoms with Gasteiger partial charge in [0.15, 0.2) is 0 Å². The van der Waals surface area contributed by atoms with Crippen molar-refractivity contribution < 1.29 is 28.6 Å². The smallest absolute Gasteiger partial charge is 0.336 e. The van der Waals surface area contributed by atoms with Gasteiger partial charge in [-0.1, -0.05) is 73.8 Å². The van der Waals surface area contributed by atoms with Crippen LogP contribution in [0.4, 0.5) is 0 Å². The number of ether oxygens (including phenoxy) is 3. The molecule has 0 fully saturated rings. The van der Waals surface area contributed by atoms with Gasteiger partial charge < -0.3 is 14.2 Å². The second-order valence-corrected chi connectivity index (χ2v) is 9.05.